The highest BCUT2D eigenvalue weighted by molar-refractivity contribution is 7.50. The Bertz CT molecular complexity index is 627. The van der Waals surface area contributed by atoms with Crippen LogP contribution in [0.3, 0.4) is 0 Å². The minimum absolute atomic E-state index is 0.0318. The number of hydrogen-bond donors (Lipinski definition) is 4. The first-order valence-corrected chi connectivity index (χ1v) is 11.3. The molecule has 0 fully saturated rings. The fourth-order valence-corrected chi connectivity index (χ4v) is 2.83. The van der Waals surface area contributed by atoms with Gasteiger partial charge in [0.15, 0.2) is 0 Å². The van der Waals surface area contributed by atoms with E-state index >= 15 is 0 Å². The Morgan fingerprint density at radius 3 is 1.12 bits per heavy atom. The number of rotatable bonds is 5. The van der Waals surface area contributed by atoms with Gasteiger partial charge in [0, 0.05) is 12.3 Å². The summed E-state index contributed by atoms with van der Waals surface area (Å²) in [6.45, 7) is 0. The topological polar surface area (TPSA) is 176 Å². The molecule has 0 bridgehead atoms. The first kappa shape index (κ1) is 24.7. The van der Waals surface area contributed by atoms with Gasteiger partial charge in [0.25, 0.3) is 0 Å². The molecule has 0 spiro atoms. The van der Waals surface area contributed by atoms with E-state index in [0.717, 1.165) is 11.4 Å². The molecule has 0 aromatic heterocycles. The number of unbranched alkanes of at least 4 members (excludes halogenated alkanes) is 1. The van der Waals surface area contributed by atoms with E-state index in [2.05, 4.69) is 11.5 Å². The van der Waals surface area contributed by atoms with Crippen molar-refractivity contribution in [1.29, 1.82) is 0 Å². The van der Waals surface area contributed by atoms with Crippen molar-refractivity contribution in [2.24, 2.45) is 0 Å². The normalized spacial score (nSPS) is 14.5. The second kappa shape index (κ2) is 12.9. The molecule has 146 valence electrons. The Labute approximate surface area is 153 Å². The van der Waals surface area contributed by atoms with Gasteiger partial charge in [-0.2, -0.15) is 0 Å². The fourth-order valence-electron chi connectivity index (χ4n) is 1.58. The highest BCUT2D eigenvalue weighted by Gasteiger charge is 2.04. The van der Waals surface area contributed by atoms with Gasteiger partial charge in [0.1, 0.15) is 26.6 Å². The second-order valence-electron chi connectivity index (χ2n) is 5.40. The van der Waals surface area contributed by atoms with Crippen LogP contribution in [0.2, 0.25) is 0 Å². The SMILES string of the molecule is O=P([O-])(O)CCCCP(=O)([O-])O.[NH3+]c1ccccc1.[NH3+]c1ccccc1. The van der Waals surface area contributed by atoms with E-state index in [1.807, 2.05) is 60.7 Å². The largest absolute Gasteiger partial charge is 0.779 e. The zero-order chi connectivity index (χ0) is 20.1. The molecule has 2 atom stereocenters. The maximum atomic E-state index is 10.1. The lowest BCUT2D eigenvalue weighted by Crippen LogP contribution is -2.39. The van der Waals surface area contributed by atoms with Gasteiger partial charge in [-0.25, -0.2) is 0 Å². The summed E-state index contributed by atoms with van der Waals surface area (Å²) in [5, 5.41) is 0. The van der Waals surface area contributed by atoms with Crippen LogP contribution in [0, 0.1) is 0 Å². The molecular formula is C16H26N2O6P2. The van der Waals surface area contributed by atoms with Gasteiger partial charge in [-0.3, -0.25) is 0 Å². The van der Waals surface area contributed by atoms with Crippen LogP contribution in [0.5, 0.6) is 0 Å². The van der Waals surface area contributed by atoms with Crippen LogP contribution in [0.25, 0.3) is 0 Å². The first-order valence-electron chi connectivity index (χ1n) is 7.79. The molecule has 2 unspecified atom stereocenters. The molecule has 0 aliphatic heterocycles. The van der Waals surface area contributed by atoms with Crippen molar-refractivity contribution in [3.8, 4) is 0 Å². The summed E-state index contributed by atoms with van der Waals surface area (Å²) in [5.74, 6) is 0. The van der Waals surface area contributed by atoms with Crippen LogP contribution in [0.1, 0.15) is 12.8 Å². The fraction of sp³-hybridized carbons (Fsp3) is 0.250. The van der Waals surface area contributed by atoms with E-state index in [0.29, 0.717) is 0 Å². The van der Waals surface area contributed by atoms with E-state index in [1.54, 1.807) is 0 Å². The van der Waals surface area contributed by atoms with E-state index in [4.69, 9.17) is 9.79 Å². The van der Waals surface area contributed by atoms with Gasteiger partial charge in [0.2, 0.25) is 0 Å². The average Bonchev–Trinajstić information content (AvgIpc) is 2.53. The smallest absolute Gasteiger partial charge is 0.132 e. The summed E-state index contributed by atoms with van der Waals surface area (Å²) in [7, 11) is -8.54. The monoisotopic (exact) mass is 404 g/mol. The molecule has 0 radical (unpaired) electrons. The Morgan fingerprint density at radius 1 is 0.692 bits per heavy atom. The van der Waals surface area contributed by atoms with E-state index in [1.165, 1.54) is 0 Å². The van der Waals surface area contributed by atoms with Crippen molar-refractivity contribution in [3.05, 3.63) is 60.7 Å². The summed E-state index contributed by atoms with van der Waals surface area (Å²) in [5.41, 5.74) is 9.58. The highest BCUT2D eigenvalue weighted by atomic mass is 31.2. The third-order valence-corrected chi connectivity index (χ3v) is 4.58. The zero-order valence-electron chi connectivity index (χ0n) is 14.4. The molecule has 0 aliphatic carbocycles. The lowest BCUT2D eigenvalue weighted by molar-refractivity contribution is -0.255. The number of benzene rings is 2. The summed E-state index contributed by atoms with van der Waals surface area (Å²) < 4.78 is 20.3. The second-order valence-corrected chi connectivity index (χ2v) is 8.84. The van der Waals surface area contributed by atoms with Gasteiger partial charge >= 0.3 is 0 Å². The van der Waals surface area contributed by atoms with Crippen LogP contribution in [-0.2, 0) is 9.13 Å². The summed E-state index contributed by atoms with van der Waals surface area (Å²) in [6.07, 6.45) is -0.839. The third kappa shape index (κ3) is 19.0. The molecule has 0 aliphatic rings. The number of hydrogen-bond acceptors (Lipinski definition) is 4. The van der Waals surface area contributed by atoms with Crippen molar-refractivity contribution in [2.75, 3.05) is 12.3 Å². The average molecular weight is 404 g/mol. The van der Waals surface area contributed by atoms with Crippen molar-refractivity contribution in [1.82, 2.24) is 0 Å². The van der Waals surface area contributed by atoms with Crippen molar-refractivity contribution < 1.29 is 40.2 Å². The standard InChI is InChI=1S/2C6H7N.C4H12O6P2/c2*7-6-4-2-1-3-5-6;5-11(6,7)3-1-2-4-12(8,9)10/h2*1-5H,7H2;1-4H2,(H2,5,6,7)(H2,8,9,10). The van der Waals surface area contributed by atoms with Gasteiger partial charge in [-0.05, 0) is 37.1 Å². The Balaban J connectivity index is 0.000000381. The Kier molecular flexibility index (Phi) is 12.3. The quantitative estimate of drug-likeness (QED) is 0.402. The van der Waals surface area contributed by atoms with Crippen LogP contribution in [0.15, 0.2) is 60.7 Å². The minimum atomic E-state index is -4.27. The maximum Gasteiger partial charge on any atom is 0.132 e. The molecule has 10 heteroatoms. The Morgan fingerprint density at radius 2 is 0.962 bits per heavy atom. The summed E-state index contributed by atoms with van der Waals surface area (Å²) in [6, 6.07) is 19.7. The molecule has 2 rings (SSSR count). The predicted octanol–water partition coefficient (Wildman–Crippen LogP) is -0.0220. The maximum absolute atomic E-state index is 10.1. The van der Waals surface area contributed by atoms with Crippen LogP contribution in [0.4, 0.5) is 11.4 Å². The van der Waals surface area contributed by atoms with Crippen molar-refractivity contribution >= 4 is 26.6 Å². The highest BCUT2D eigenvalue weighted by Crippen LogP contribution is 2.33. The molecule has 0 saturated heterocycles. The molecule has 26 heavy (non-hydrogen) atoms. The number of quaternary nitrogens is 2. The Hall–Kier alpha value is -1.34. The molecule has 8 N–H and O–H groups in total. The molecule has 2 aromatic carbocycles. The minimum Gasteiger partial charge on any atom is -0.779 e. The van der Waals surface area contributed by atoms with Gasteiger partial charge in [0.05, 0.1) is 0 Å². The molecular weight excluding hydrogens is 378 g/mol. The van der Waals surface area contributed by atoms with Gasteiger partial charge < -0.3 is 40.2 Å². The lowest BCUT2D eigenvalue weighted by Gasteiger charge is -2.17. The van der Waals surface area contributed by atoms with E-state index in [9.17, 15) is 18.9 Å². The lowest BCUT2D eigenvalue weighted by atomic mass is 10.3. The summed E-state index contributed by atoms with van der Waals surface area (Å²) >= 11 is 0. The third-order valence-electron chi connectivity index (χ3n) is 2.82. The molecule has 0 heterocycles. The van der Waals surface area contributed by atoms with Crippen molar-refractivity contribution in [2.45, 2.75) is 12.8 Å². The van der Waals surface area contributed by atoms with Crippen LogP contribution >= 0.6 is 15.2 Å². The van der Waals surface area contributed by atoms with Crippen molar-refractivity contribution in [3.63, 3.8) is 0 Å². The van der Waals surface area contributed by atoms with Crippen LogP contribution < -0.4 is 21.3 Å². The molecule has 2 aromatic rings. The van der Waals surface area contributed by atoms with E-state index < -0.39 is 27.5 Å². The van der Waals surface area contributed by atoms with Gasteiger partial charge in [-0.15, -0.1) is 0 Å². The summed E-state index contributed by atoms with van der Waals surface area (Å²) in [4.78, 5) is 36.7. The first-order chi connectivity index (χ1) is 12.0. The predicted molar refractivity (Wildman–Crippen MR) is 96.6 cm³/mol. The van der Waals surface area contributed by atoms with Gasteiger partial charge in [-0.1, -0.05) is 36.4 Å². The van der Waals surface area contributed by atoms with Crippen LogP contribution in [-0.4, -0.2) is 22.1 Å². The molecule has 0 saturated carbocycles. The van der Waals surface area contributed by atoms with E-state index in [-0.39, 0.29) is 12.8 Å². The zero-order valence-corrected chi connectivity index (χ0v) is 16.2. The molecule has 0 amide bonds. The molecule has 8 nitrogen and oxygen atoms in total.